The maximum Gasteiger partial charge on any atom is 0.315 e. The summed E-state index contributed by atoms with van der Waals surface area (Å²) < 4.78 is 21.3. The first-order chi connectivity index (χ1) is 9.24. The number of ether oxygens (including phenoxy) is 4. The zero-order valence-corrected chi connectivity index (χ0v) is 11.4. The van der Waals surface area contributed by atoms with Crippen molar-refractivity contribution in [1.29, 1.82) is 0 Å². The highest BCUT2D eigenvalue weighted by molar-refractivity contribution is 5.74. The van der Waals surface area contributed by atoms with Crippen molar-refractivity contribution in [2.75, 3.05) is 40.1 Å². The van der Waals surface area contributed by atoms with Gasteiger partial charge in [-0.25, -0.2) is 4.79 Å². The maximum absolute atomic E-state index is 11.9. The van der Waals surface area contributed by atoms with Crippen LogP contribution in [0.25, 0.3) is 0 Å². The van der Waals surface area contributed by atoms with Gasteiger partial charge in [0.1, 0.15) is 12.2 Å². The lowest BCUT2D eigenvalue weighted by Crippen LogP contribution is -2.53. The van der Waals surface area contributed by atoms with Crippen LogP contribution in [0.2, 0.25) is 0 Å². The Labute approximate surface area is 112 Å². The van der Waals surface area contributed by atoms with E-state index in [-0.39, 0.29) is 30.3 Å². The van der Waals surface area contributed by atoms with E-state index in [1.807, 2.05) is 6.92 Å². The second-order valence-electron chi connectivity index (χ2n) is 4.67. The van der Waals surface area contributed by atoms with Crippen LogP contribution in [0.4, 0.5) is 4.79 Å². The van der Waals surface area contributed by atoms with Crippen LogP contribution in [0, 0.1) is 0 Å². The van der Waals surface area contributed by atoms with E-state index < -0.39 is 0 Å². The summed E-state index contributed by atoms with van der Waals surface area (Å²) in [5.74, 6) is 0. The summed E-state index contributed by atoms with van der Waals surface area (Å²) in [5.41, 5.74) is 0. The van der Waals surface area contributed by atoms with Crippen molar-refractivity contribution in [2.45, 2.75) is 31.2 Å². The number of hydrogen-bond acceptors (Lipinski definition) is 5. The maximum atomic E-state index is 11.9. The van der Waals surface area contributed by atoms with E-state index in [9.17, 15) is 4.79 Å². The van der Waals surface area contributed by atoms with E-state index in [2.05, 4.69) is 10.6 Å². The number of urea groups is 1. The molecule has 7 heteroatoms. The molecule has 2 saturated heterocycles. The summed E-state index contributed by atoms with van der Waals surface area (Å²) in [6.45, 7) is 4.51. The van der Waals surface area contributed by atoms with Gasteiger partial charge in [-0.1, -0.05) is 0 Å². The SMILES string of the molecule is CCO[C@@H]1COC[C@H]1NC(=O)N[C@@H]1COC[C@@H]1OC. The molecule has 7 nitrogen and oxygen atoms in total. The molecule has 0 aromatic rings. The lowest BCUT2D eigenvalue weighted by molar-refractivity contribution is 0.0423. The smallest absolute Gasteiger partial charge is 0.315 e. The van der Waals surface area contributed by atoms with Crippen LogP contribution in [-0.4, -0.2) is 70.5 Å². The first-order valence-electron chi connectivity index (χ1n) is 6.61. The Hall–Kier alpha value is -0.890. The summed E-state index contributed by atoms with van der Waals surface area (Å²) >= 11 is 0. The number of nitrogens with one attached hydrogen (secondary N) is 2. The molecule has 2 heterocycles. The lowest BCUT2D eigenvalue weighted by atomic mass is 10.2. The monoisotopic (exact) mass is 274 g/mol. The number of rotatable bonds is 5. The van der Waals surface area contributed by atoms with Gasteiger partial charge in [0.15, 0.2) is 0 Å². The third-order valence-corrected chi connectivity index (χ3v) is 3.37. The average Bonchev–Trinajstić information content (AvgIpc) is 3.00. The van der Waals surface area contributed by atoms with Crippen LogP contribution in [0.15, 0.2) is 0 Å². The van der Waals surface area contributed by atoms with Crippen LogP contribution in [0.1, 0.15) is 6.92 Å². The summed E-state index contributed by atoms with van der Waals surface area (Å²) in [4.78, 5) is 11.9. The minimum absolute atomic E-state index is 0.0752. The van der Waals surface area contributed by atoms with Gasteiger partial charge in [0, 0.05) is 13.7 Å². The third-order valence-electron chi connectivity index (χ3n) is 3.37. The quantitative estimate of drug-likeness (QED) is 0.707. The fraction of sp³-hybridized carbons (Fsp3) is 0.917. The standard InChI is InChI=1S/C12H22N2O5/c1-3-19-11-7-18-5-9(11)14-12(15)13-8-4-17-6-10(8)16-2/h8-11H,3-7H2,1-2H3,(H2,13,14,15)/t8-,9-,10+,11-/m1/s1. The van der Waals surface area contributed by atoms with Gasteiger partial charge in [-0.15, -0.1) is 0 Å². The van der Waals surface area contributed by atoms with Gasteiger partial charge in [0.2, 0.25) is 0 Å². The number of amides is 2. The normalized spacial score (nSPS) is 34.4. The zero-order valence-electron chi connectivity index (χ0n) is 11.4. The Balaban J connectivity index is 1.77. The summed E-state index contributed by atoms with van der Waals surface area (Å²) in [6, 6.07) is -0.459. The fourth-order valence-corrected chi connectivity index (χ4v) is 2.33. The minimum atomic E-state index is -0.238. The third kappa shape index (κ3) is 3.79. The first-order valence-corrected chi connectivity index (χ1v) is 6.61. The first kappa shape index (κ1) is 14.5. The molecule has 0 unspecified atom stereocenters. The molecule has 0 aromatic carbocycles. The van der Waals surface area contributed by atoms with Crippen molar-refractivity contribution >= 4 is 6.03 Å². The molecular weight excluding hydrogens is 252 g/mol. The van der Waals surface area contributed by atoms with E-state index in [1.54, 1.807) is 7.11 Å². The lowest BCUT2D eigenvalue weighted by Gasteiger charge is -2.22. The fourth-order valence-electron chi connectivity index (χ4n) is 2.33. The van der Waals surface area contributed by atoms with Crippen LogP contribution in [0.5, 0.6) is 0 Å². The van der Waals surface area contributed by atoms with Crippen LogP contribution < -0.4 is 10.6 Å². The number of hydrogen-bond donors (Lipinski definition) is 2. The summed E-state index contributed by atoms with van der Waals surface area (Å²) in [5, 5.41) is 5.73. The van der Waals surface area contributed by atoms with Gasteiger partial charge in [-0.3, -0.25) is 0 Å². The molecule has 110 valence electrons. The van der Waals surface area contributed by atoms with Crippen molar-refractivity contribution < 1.29 is 23.7 Å². The topological polar surface area (TPSA) is 78.1 Å². The van der Waals surface area contributed by atoms with Crippen LogP contribution in [-0.2, 0) is 18.9 Å². The largest absolute Gasteiger partial charge is 0.377 e. The van der Waals surface area contributed by atoms with Gasteiger partial charge >= 0.3 is 6.03 Å². The van der Waals surface area contributed by atoms with Crippen molar-refractivity contribution in [2.24, 2.45) is 0 Å². The number of carbonyl (C=O) groups is 1. The van der Waals surface area contributed by atoms with E-state index >= 15 is 0 Å². The molecule has 0 radical (unpaired) electrons. The highest BCUT2D eigenvalue weighted by Crippen LogP contribution is 2.11. The predicted molar refractivity (Wildman–Crippen MR) is 67.1 cm³/mol. The van der Waals surface area contributed by atoms with Crippen molar-refractivity contribution in [3.8, 4) is 0 Å². The molecule has 19 heavy (non-hydrogen) atoms. The van der Waals surface area contributed by atoms with Crippen molar-refractivity contribution in [3.63, 3.8) is 0 Å². The highest BCUT2D eigenvalue weighted by Gasteiger charge is 2.33. The predicted octanol–water partition coefficient (Wildman–Crippen LogP) is -0.497. The van der Waals surface area contributed by atoms with Gasteiger partial charge in [0.25, 0.3) is 0 Å². The molecule has 2 aliphatic heterocycles. The van der Waals surface area contributed by atoms with Gasteiger partial charge in [-0.2, -0.15) is 0 Å². The molecular formula is C12H22N2O5. The molecule has 0 spiro atoms. The zero-order chi connectivity index (χ0) is 13.7. The molecule has 2 rings (SSSR count). The molecule has 0 saturated carbocycles. The highest BCUT2D eigenvalue weighted by atomic mass is 16.5. The molecule has 2 amide bonds. The Bertz CT molecular complexity index is 302. The minimum Gasteiger partial charge on any atom is -0.377 e. The van der Waals surface area contributed by atoms with Gasteiger partial charge in [-0.05, 0) is 6.92 Å². The van der Waals surface area contributed by atoms with E-state index in [0.717, 1.165) is 0 Å². The summed E-state index contributed by atoms with van der Waals surface area (Å²) in [6.07, 6.45) is -0.165. The Kier molecular flexibility index (Phi) is 5.38. The molecule has 2 N–H and O–H groups in total. The Morgan fingerprint density at radius 3 is 2.26 bits per heavy atom. The second kappa shape index (κ2) is 7.04. The van der Waals surface area contributed by atoms with Crippen LogP contribution >= 0.6 is 0 Å². The molecule has 2 fully saturated rings. The molecule has 0 aliphatic carbocycles. The van der Waals surface area contributed by atoms with Crippen molar-refractivity contribution in [3.05, 3.63) is 0 Å². The van der Waals surface area contributed by atoms with Crippen molar-refractivity contribution in [1.82, 2.24) is 10.6 Å². The van der Waals surface area contributed by atoms with E-state index in [0.29, 0.717) is 33.0 Å². The van der Waals surface area contributed by atoms with E-state index in [4.69, 9.17) is 18.9 Å². The van der Waals surface area contributed by atoms with E-state index in [1.165, 1.54) is 0 Å². The number of methoxy groups -OCH3 is 1. The van der Waals surface area contributed by atoms with Gasteiger partial charge < -0.3 is 29.6 Å². The second-order valence-corrected chi connectivity index (χ2v) is 4.67. The Morgan fingerprint density at radius 2 is 1.68 bits per heavy atom. The molecule has 2 aliphatic rings. The van der Waals surface area contributed by atoms with Gasteiger partial charge in [0.05, 0.1) is 38.5 Å². The number of carbonyl (C=O) groups excluding carboxylic acids is 1. The molecule has 4 atom stereocenters. The molecule has 0 bridgehead atoms. The Morgan fingerprint density at radius 1 is 1.11 bits per heavy atom. The summed E-state index contributed by atoms with van der Waals surface area (Å²) in [7, 11) is 1.61. The average molecular weight is 274 g/mol. The molecule has 0 aromatic heterocycles. The van der Waals surface area contributed by atoms with Crippen LogP contribution in [0.3, 0.4) is 0 Å².